The van der Waals surface area contributed by atoms with Crippen molar-refractivity contribution < 1.29 is 9.84 Å². The van der Waals surface area contributed by atoms with Gasteiger partial charge in [-0.05, 0) is 54.7 Å². The first kappa shape index (κ1) is 14.6. The number of rotatable bonds is 5. The number of aliphatic hydroxyl groups is 1. The molecule has 0 aliphatic heterocycles. The fourth-order valence-electron chi connectivity index (χ4n) is 2.09. The summed E-state index contributed by atoms with van der Waals surface area (Å²) in [5, 5.41) is 10.4. The highest BCUT2D eigenvalue weighted by atomic mass is 16.5. The Hall–Kier alpha value is -1.80. The molecular weight excluding hydrogens is 248 g/mol. The van der Waals surface area contributed by atoms with Crippen LogP contribution in [0.3, 0.4) is 0 Å². The van der Waals surface area contributed by atoms with Crippen LogP contribution in [0.2, 0.25) is 0 Å². The van der Waals surface area contributed by atoms with E-state index in [1.54, 1.807) is 0 Å². The third kappa shape index (κ3) is 3.40. The summed E-state index contributed by atoms with van der Waals surface area (Å²) in [4.78, 5) is 0. The Bertz CT molecular complexity index is 558. The first-order chi connectivity index (χ1) is 9.61. The standard InChI is InChI=1S/C18H22O2/c1-4-11-20-17-9-7-15(8-10-17)18(19)16-6-5-13(2)14(3)12-16/h5-10,12,18-19H,4,11H2,1-3H3. The number of ether oxygens (including phenoxy) is 1. The molecule has 1 N–H and O–H groups in total. The minimum Gasteiger partial charge on any atom is -0.494 e. The molecule has 0 spiro atoms. The molecule has 0 aromatic heterocycles. The molecule has 20 heavy (non-hydrogen) atoms. The normalized spacial score (nSPS) is 12.2. The zero-order valence-electron chi connectivity index (χ0n) is 12.4. The maximum absolute atomic E-state index is 10.4. The van der Waals surface area contributed by atoms with E-state index in [4.69, 9.17) is 4.74 Å². The van der Waals surface area contributed by atoms with Crippen molar-refractivity contribution in [2.45, 2.75) is 33.3 Å². The van der Waals surface area contributed by atoms with Crippen molar-refractivity contribution in [1.29, 1.82) is 0 Å². The van der Waals surface area contributed by atoms with Gasteiger partial charge in [-0.1, -0.05) is 37.3 Å². The molecule has 1 unspecified atom stereocenters. The van der Waals surface area contributed by atoms with Gasteiger partial charge >= 0.3 is 0 Å². The van der Waals surface area contributed by atoms with Gasteiger partial charge in [0.05, 0.1) is 6.61 Å². The highest BCUT2D eigenvalue weighted by Crippen LogP contribution is 2.25. The minimum absolute atomic E-state index is 0.588. The first-order valence-corrected chi connectivity index (χ1v) is 7.09. The van der Waals surface area contributed by atoms with E-state index in [1.807, 2.05) is 42.5 Å². The summed E-state index contributed by atoms with van der Waals surface area (Å²) in [6.45, 7) is 6.94. The molecule has 0 aliphatic rings. The minimum atomic E-state index is -0.588. The molecule has 0 heterocycles. The van der Waals surface area contributed by atoms with E-state index in [-0.39, 0.29) is 0 Å². The van der Waals surface area contributed by atoms with Gasteiger partial charge in [0.25, 0.3) is 0 Å². The SMILES string of the molecule is CCCOc1ccc(C(O)c2ccc(C)c(C)c2)cc1. The molecule has 2 aromatic rings. The highest BCUT2D eigenvalue weighted by molar-refractivity contribution is 5.37. The smallest absolute Gasteiger partial charge is 0.119 e. The van der Waals surface area contributed by atoms with E-state index < -0.39 is 6.10 Å². The fourth-order valence-corrected chi connectivity index (χ4v) is 2.09. The lowest BCUT2D eigenvalue weighted by molar-refractivity contribution is 0.220. The van der Waals surface area contributed by atoms with E-state index >= 15 is 0 Å². The number of hydrogen-bond acceptors (Lipinski definition) is 2. The molecule has 0 aliphatic carbocycles. The van der Waals surface area contributed by atoms with Crippen LogP contribution in [-0.4, -0.2) is 11.7 Å². The van der Waals surface area contributed by atoms with Gasteiger partial charge in [-0.3, -0.25) is 0 Å². The molecule has 0 fully saturated rings. The van der Waals surface area contributed by atoms with Crippen molar-refractivity contribution in [2.75, 3.05) is 6.61 Å². The zero-order chi connectivity index (χ0) is 14.5. The van der Waals surface area contributed by atoms with E-state index in [0.717, 1.165) is 29.9 Å². The quantitative estimate of drug-likeness (QED) is 0.883. The molecule has 2 aromatic carbocycles. The number of hydrogen-bond donors (Lipinski definition) is 1. The van der Waals surface area contributed by atoms with E-state index in [9.17, 15) is 5.11 Å². The van der Waals surface area contributed by atoms with Gasteiger partial charge in [0.15, 0.2) is 0 Å². The fraction of sp³-hybridized carbons (Fsp3) is 0.333. The summed E-state index contributed by atoms with van der Waals surface area (Å²) in [5.41, 5.74) is 4.25. The lowest BCUT2D eigenvalue weighted by atomic mass is 9.98. The molecule has 0 bridgehead atoms. The topological polar surface area (TPSA) is 29.5 Å². The Morgan fingerprint density at radius 1 is 0.950 bits per heavy atom. The zero-order valence-corrected chi connectivity index (χ0v) is 12.4. The van der Waals surface area contributed by atoms with Crippen LogP contribution >= 0.6 is 0 Å². The largest absolute Gasteiger partial charge is 0.494 e. The van der Waals surface area contributed by atoms with Crippen LogP contribution in [0.5, 0.6) is 5.75 Å². The molecule has 2 rings (SSSR count). The van der Waals surface area contributed by atoms with E-state index in [2.05, 4.69) is 20.8 Å². The monoisotopic (exact) mass is 270 g/mol. The molecule has 2 nitrogen and oxygen atoms in total. The summed E-state index contributed by atoms with van der Waals surface area (Å²) in [5.74, 6) is 0.850. The van der Waals surface area contributed by atoms with Crippen LogP contribution < -0.4 is 4.74 Å². The predicted octanol–water partition coefficient (Wildman–Crippen LogP) is 4.17. The molecular formula is C18H22O2. The van der Waals surface area contributed by atoms with Crippen LogP contribution in [0.1, 0.15) is 41.7 Å². The lowest BCUT2D eigenvalue weighted by Crippen LogP contribution is -2.01. The Kier molecular flexibility index (Phi) is 4.80. The van der Waals surface area contributed by atoms with Crippen molar-refractivity contribution in [1.82, 2.24) is 0 Å². The Balaban J connectivity index is 2.15. The van der Waals surface area contributed by atoms with Crippen LogP contribution in [-0.2, 0) is 0 Å². The number of aliphatic hydroxyl groups excluding tert-OH is 1. The van der Waals surface area contributed by atoms with Crippen LogP contribution in [0.15, 0.2) is 42.5 Å². The summed E-state index contributed by atoms with van der Waals surface area (Å²) in [7, 11) is 0. The molecule has 0 radical (unpaired) electrons. The van der Waals surface area contributed by atoms with Gasteiger partial charge in [0.1, 0.15) is 11.9 Å². The van der Waals surface area contributed by atoms with E-state index in [0.29, 0.717) is 0 Å². The molecule has 1 atom stereocenters. The second-order valence-electron chi connectivity index (χ2n) is 5.16. The lowest BCUT2D eigenvalue weighted by Gasteiger charge is -2.14. The van der Waals surface area contributed by atoms with Gasteiger partial charge in [0.2, 0.25) is 0 Å². The van der Waals surface area contributed by atoms with Gasteiger partial charge in [-0.2, -0.15) is 0 Å². The van der Waals surface area contributed by atoms with Gasteiger partial charge < -0.3 is 9.84 Å². The van der Waals surface area contributed by atoms with Crippen molar-refractivity contribution in [3.63, 3.8) is 0 Å². The molecule has 2 heteroatoms. The van der Waals surface area contributed by atoms with Gasteiger partial charge in [0, 0.05) is 0 Å². The Morgan fingerprint density at radius 3 is 2.20 bits per heavy atom. The van der Waals surface area contributed by atoms with Crippen molar-refractivity contribution in [3.05, 3.63) is 64.7 Å². The third-order valence-corrected chi connectivity index (χ3v) is 3.52. The summed E-state index contributed by atoms with van der Waals surface area (Å²) in [6.07, 6.45) is 0.405. The summed E-state index contributed by atoms with van der Waals surface area (Å²) >= 11 is 0. The first-order valence-electron chi connectivity index (χ1n) is 7.09. The van der Waals surface area contributed by atoms with Crippen LogP contribution in [0.4, 0.5) is 0 Å². The molecule has 0 saturated carbocycles. The maximum atomic E-state index is 10.4. The predicted molar refractivity (Wildman–Crippen MR) is 82.2 cm³/mol. The third-order valence-electron chi connectivity index (χ3n) is 3.52. The van der Waals surface area contributed by atoms with Crippen molar-refractivity contribution in [3.8, 4) is 5.75 Å². The molecule has 106 valence electrons. The molecule has 0 saturated heterocycles. The van der Waals surface area contributed by atoms with Crippen molar-refractivity contribution >= 4 is 0 Å². The highest BCUT2D eigenvalue weighted by Gasteiger charge is 2.11. The Morgan fingerprint density at radius 2 is 1.60 bits per heavy atom. The summed E-state index contributed by atoms with van der Waals surface area (Å²) < 4.78 is 5.55. The average Bonchev–Trinajstić information content (AvgIpc) is 2.48. The summed E-state index contributed by atoms with van der Waals surface area (Å²) in [6, 6.07) is 13.7. The average molecular weight is 270 g/mol. The number of aryl methyl sites for hydroxylation is 2. The number of benzene rings is 2. The van der Waals surface area contributed by atoms with Crippen LogP contribution in [0.25, 0.3) is 0 Å². The van der Waals surface area contributed by atoms with Crippen LogP contribution in [0, 0.1) is 13.8 Å². The Labute approximate surface area is 121 Å². The van der Waals surface area contributed by atoms with Crippen molar-refractivity contribution in [2.24, 2.45) is 0 Å². The maximum Gasteiger partial charge on any atom is 0.119 e. The second-order valence-corrected chi connectivity index (χ2v) is 5.16. The second kappa shape index (κ2) is 6.58. The van der Waals surface area contributed by atoms with Gasteiger partial charge in [-0.15, -0.1) is 0 Å². The van der Waals surface area contributed by atoms with E-state index in [1.165, 1.54) is 11.1 Å². The molecule has 0 amide bonds. The van der Waals surface area contributed by atoms with Gasteiger partial charge in [-0.25, -0.2) is 0 Å².